The lowest BCUT2D eigenvalue weighted by Gasteiger charge is -2.21. The van der Waals surface area contributed by atoms with E-state index < -0.39 is 0 Å². The summed E-state index contributed by atoms with van der Waals surface area (Å²) in [5.74, 6) is 0.918. The lowest BCUT2D eigenvalue weighted by Crippen LogP contribution is -2.28. The monoisotopic (exact) mass is 355 g/mol. The topological polar surface area (TPSA) is 80.8 Å². The molecule has 0 radical (unpaired) electrons. The minimum absolute atomic E-state index is 0.0489. The number of nitrogens with one attached hydrogen (secondary N) is 1. The first kappa shape index (κ1) is 17.7. The number of methoxy groups -OCH3 is 1. The molecule has 2 aromatic rings. The lowest BCUT2D eigenvalue weighted by atomic mass is 10.1. The largest absolute Gasteiger partial charge is 0.496 e. The van der Waals surface area contributed by atoms with Crippen LogP contribution in [0.25, 0.3) is 0 Å². The Hall–Kier alpha value is -3.09. The number of aryl methyl sites for hydroxylation is 1. The fraction of sp³-hybridized carbons (Fsp3) is 0.316. The van der Waals surface area contributed by atoms with Gasteiger partial charge in [-0.1, -0.05) is 0 Å². The molecule has 1 aliphatic heterocycles. The van der Waals surface area contributed by atoms with E-state index in [1.54, 1.807) is 43.5 Å². The second-order valence-corrected chi connectivity index (χ2v) is 6.26. The van der Waals surface area contributed by atoms with E-state index in [2.05, 4.69) is 10.3 Å². The maximum Gasteiger partial charge on any atom is 0.262 e. The quantitative estimate of drug-likeness (QED) is 0.910. The molecule has 0 bridgehead atoms. The number of pyridine rings is 1. The third-order valence-electron chi connectivity index (χ3n) is 4.34. The van der Waals surface area contributed by atoms with Gasteiger partial charge in [0.05, 0.1) is 25.0 Å². The zero-order valence-electron chi connectivity index (χ0n) is 15.3. The minimum atomic E-state index is -0.205. The van der Waals surface area contributed by atoms with Gasteiger partial charge in [0.25, 0.3) is 11.8 Å². The van der Waals surface area contributed by atoms with Gasteiger partial charge >= 0.3 is 0 Å². The molecule has 0 fully saturated rings. The number of fused-ring (bicyclic) bond motifs is 1. The van der Waals surface area contributed by atoms with Crippen LogP contribution in [0.5, 0.6) is 11.5 Å². The van der Waals surface area contributed by atoms with E-state index in [0.717, 1.165) is 22.6 Å². The zero-order chi connectivity index (χ0) is 18.8. The second-order valence-electron chi connectivity index (χ2n) is 6.26. The molecule has 0 unspecified atom stereocenters. The van der Waals surface area contributed by atoms with E-state index in [9.17, 15) is 9.59 Å². The number of carbonyl (C=O) groups is 2. The van der Waals surface area contributed by atoms with E-state index >= 15 is 0 Å². The summed E-state index contributed by atoms with van der Waals surface area (Å²) in [7, 11) is 3.34. The van der Waals surface area contributed by atoms with Crippen molar-refractivity contribution in [2.75, 3.05) is 26.1 Å². The van der Waals surface area contributed by atoms with Crippen LogP contribution in [0.4, 0.5) is 5.69 Å². The predicted molar refractivity (Wildman–Crippen MR) is 96.6 cm³/mol. The molecule has 0 aliphatic carbocycles. The van der Waals surface area contributed by atoms with Gasteiger partial charge < -0.3 is 19.7 Å². The fourth-order valence-corrected chi connectivity index (χ4v) is 2.95. The van der Waals surface area contributed by atoms with Gasteiger partial charge in [-0.25, -0.2) is 0 Å². The van der Waals surface area contributed by atoms with Crippen molar-refractivity contribution >= 4 is 17.5 Å². The van der Waals surface area contributed by atoms with Crippen molar-refractivity contribution in [1.82, 2.24) is 9.88 Å². The third kappa shape index (κ3) is 3.33. The highest BCUT2D eigenvalue weighted by atomic mass is 16.5. The summed E-state index contributed by atoms with van der Waals surface area (Å²) in [6, 6.07) is 4.98. The Balaban J connectivity index is 1.80. The Kier molecular flexibility index (Phi) is 4.79. The molecular weight excluding hydrogens is 334 g/mol. The van der Waals surface area contributed by atoms with Crippen LogP contribution in [0.15, 0.2) is 24.4 Å². The number of rotatable bonds is 4. The average Bonchev–Trinajstić information content (AvgIpc) is 2.63. The van der Waals surface area contributed by atoms with Gasteiger partial charge in [0.1, 0.15) is 11.5 Å². The normalized spacial score (nSPS) is 12.7. The fourth-order valence-electron chi connectivity index (χ4n) is 2.95. The Labute approximate surface area is 151 Å². The van der Waals surface area contributed by atoms with Gasteiger partial charge in [0.2, 0.25) is 0 Å². The first-order chi connectivity index (χ1) is 12.4. The number of hydrogen-bond donors (Lipinski definition) is 1. The van der Waals surface area contributed by atoms with Crippen LogP contribution in [-0.2, 0) is 11.3 Å². The molecule has 0 atom stereocenters. The molecule has 1 aromatic heterocycles. The molecule has 2 heterocycles. The smallest absolute Gasteiger partial charge is 0.262 e. The Morgan fingerprint density at radius 2 is 2.15 bits per heavy atom. The van der Waals surface area contributed by atoms with Gasteiger partial charge in [-0.05, 0) is 32.0 Å². The average molecular weight is 355 g/mol. The highest BCUT2D eigenvalue weighted by Crippen LogP contribution is 2.29. The molecule has 1 aromatic carbocycles. The minimum Gasteiger partial charge on any atom is -0.496 e. The van der Waals surface area contributed by atoms with Crippen LogP contribution < -0.4 is 14.8 Å². The SMILES string of the molecule is COc1c(C)cnc(CN(C)C(=O)c2ccc3c(c2)OCC(=O)N3)c1C. The van der Waals surface area contributed by atoms with Crippen LogP contribution in [0.1, 0.15) is 27.2 Å². The molecule has 3 rings (SSSR count). The summed E-state index contributed by atoms with van der Waals surface area (Å²) in [5.41, 5.74) is 3.71. The molecule has 136 valence electrons. The summed E-state index contributed by atoms with van der Waals surface area (Å²) in [4.78, 5) is 30.1. The van der Waals surface area contributed by atoms with Gasteiger partial charge in [-0.2, -0.15) is 0 Å². The molecule has 26 heavy (non-hydrogen) atoms. The lowest BCUT2D eigenvalue weighted by molar-refractivity contribution is -0.118. The molecule has 7 heteroatoms. The van der Waals surface area contributed by atoms with Gasteiger partial charge in [-0.15, -0.1) is 0 Å². The van der Waals surface area contributed by atoms with E-state index in [1.807, 2.05) is 13.8 Å². The molecule has 1 aliphatic rings. The summed E-state index contributed by atoms with van der Waals surface area (Å²) in [6.07, 6.45) is 1.74. The standard InChI is InChI=1S/C19H21N3O4/c1-11-8-20-15(12(2)18(11)25-4)9-22(3)19(24)13-5-6-14-16(7-13)26-10-17(23)21-14/h5-8H,9-10H2,1-4H3,(H,21,23). The van der Waals surface area contributed by atoms with Crippen LogP contribution >= 0.6 is 0 Å². The highest BCUT2D eigenvalue weighted by Gasteiger charge is 2.20. The van der Waals surface area contributed by atoms with Gasteiger partial charge in [0, 0.05) is 29.9 Å². The van der Waals surface area contributed by atoms with Crippen LogP contribution in [0.3, 0.4) is 0 Å². The number of nitrogens with zero attached hydrogens (tertiary/aromatic N) is 2. The van der Waals surface area contributed by atoms with Gasteiger partial charge in [-0.3, -0.25) is 14.6 Å². The number of benzene rings is 1. The summed E-state index contributed by atoms with van der Waals surface area (Å²) >= 11 is 0. The van der Waals surface area contributed by atoms with Crippen molar-refractivity contribution in [3.05, 3.63) is 46.8 Å². The molecule has 0 spiro atoms. The number of hydrogen-bond acceptors (Lipinski definition) is 5. The maximum absolute atomic E-state index is 12.8. The van der Waals surface area contributed by atoms with Crippen molar-refractivity contribution < 1.29 is 19.1 Å². The number of ether oxygens (including phenoxy) is 2. The van der Waals surface area contributed by atoms with E-state index in [-0.39, 0.29) is 18.4 Å². The number of anilines is 1. The molecule has 1 N–H and O–H groups in total. The molecule has 0 saturated carbocycles. The van der Waals surface area contributed by atoms with E-state index in [0.29, 0.717) is 23.5 Å². The van der Waals surface area contributed by atoms with Crippen molar-refractivity contribution in [1.29, 1.82) is 0 Å². The number of carbonyl (C=O) groups excluding carboxylic acids is 2. The second kappa shape index (κ2) is 7.03. The van der Waals surface area contributed by atoms with Crippen LogP contribution in [-0.4, -0.2) is 42.5 Å². The zero-order valence-corrected chi connectivity index (χ0v) is 15.3. The Morgan fingerprint density at radius 3 is 2.88 bits per heavy atom. The maximum atomic E-state index is 12.8. The first-order valence-electron chi connectivity index (χ1n) is 8.22. The van der Waals surface area contributed by atoms with Crippen molar-refractivity contribution in [3.63, 3.8) is 0 Å². The van der Waals surface area contributed by atoms with Crippen molar-refractivity contribution in [2.45, 2.75) is 20.4 Å². The summed E-state index contributed by atoms with van der Waals surface area (Å²) in [5, 5.41) is 2.71. The third-order valence-corrected chi connectivity index (χ3v) is 4.34. The van der Waals surface area contributed by atoms with Crippen molar-refractivity contribution in [3.8, 4) is 11.5 Å². The molecule has 0 saturated heterocycles. The number of aromatic nitrogens is 1. The van der Waals surface area contributed by atoms with Crippen LogP contribution in [0, 0.1) is 13.8 Å². The van der Waals surface area contributed by atoms with Crippen LogP contribution in [0.2, 0.25) is 0 Å². The molecule has 2 amide bonds. The molecule has 7 nitrogen and oxygen atoms in total. The van der Waals surface area contributed by atoms with E-state index in [1.165, 1.54) is 0 Å². The molecular formula is C19H21N3O4. The summed E-state index contributed by atoms with van der Waals surface area (Å²) < 4.78 is 10.8. The van der Waals surface area contributed by atoms with Crippen molar-refractivity contribution in [2.24, 2.45) is 0 Å². The van der Waals surface area contributed by atoms with Gasteiger partial charge in [0.15, 0.2) is 6.61 Å². The predicted octanol–water partition coefficient (Wildman–Crippen LogP) is 2.31. The Bertz CT molecular complexity index is 879. The first-order valence-corrected chi connectivity index (χ1v) is 8.22. The Morgan fingerprint density at radius 1 is 1.38 bits per heavy atom. The summed E-state index contributed by atoms with van der Waals surface area (Å²) in [6.45, 7) is 4.17. The van der Waals surface area contributed by atoms with E-state index in [4.69, 9.17) is 9.47 Å². The highest BCUT2D eigenvalue weighted by molar-refractivity contribution is 5.98. The number of amides is 2.